The van der Waals surface area contributed by atoms with E-state index < -0.39 is 6.10 Å². The first kappa shape index (κ1) is 17.8. The number of aliphatic hydroxyl groups excluding tert-OH is 1. The van der Waals surface area contributed by atoms with E-state index in [-0.39, 0.29) is 11.7 Å². The van der Waals surface area contributed by atoms with E-state index in [2.05, 4.69) is 4.90 Å². The highest BCUT2D eigenvalue weighted by molar-refractivity contribution is 5.78. The first-order valence-electron chi connectivity index (χ1n) is 8.09. The van der Waals surface area contributed by atoms with E-state index in [1.165, 1.54) is 12.1 Å². The van der Waals surface area contributed by atoms with E-state index in [9.17, 15) is 14.3 Å². The maximum absolute atomic E-state index is 12.9. The van der Waals surface area contributed by atoms with Gasteiger partial charge in [0.25, 0.3) is 0 Å². The van der Waals surface area contributed by atoms with Crippen molar-refractivity contribution in [2.45, 2.75) is 19.4 Å². The van der Waals surface area contributed by atoms with Gasteiger partial charge in [0.15, 0.2) is 0 Å². The number of benzene rings is 1. The van der Waals surface area contributed by atoms with Gasteiger partial charge in [-0.2, -0.15) is 0 Å². The summed E-state index contributed by atoms with van der Waals surface area (Å²) < 4.78 is 18.1. The molecule has 6 heteroatoms. The van der Waals surface area contributed by atoms with Gasteiger partial charge < -0.3 is 14.7 Å². The van der Waals surface area contributed by atoms with Crippen molar-refractivity contribution >= 4 is 5.91 Å². The zero-order chi connectivity index (χ0) is 16.7. The molecule has 1 atom stereocenters. The quantitative estimate of drug-likeness (QED) is 0.810. The van der Waals surface area contributed by atoms with Crippen molar-refractivity contribution < 1.29 is 19.0 Å². The van der Waals surface area contributed by atoms with E-state index >= 15 is 0 Å². The molecule has 1 saturated heterocycles. The number of piperazine rings is 1. The SMILES string of the molecule is CCOC[C@@H](O)CN1CCN(C(=O)Cc2ccc(F)cc2)CC1. The van der Waals surface area contributed by atoms with Crippen molar-refractivity contribution in [3.8, 4) is 0 Å². The maximum atomic E-state index is 12.9. The maximum Gasteiger partial charge on any atom is 0.227 e. The molecule has 0 unspecified atom stereocenters. The lowest BCUT2D eigenvalue weighted by Crippen LogP contribution is -2.51. The highest BCUT2D eigenvalue weighted by Gasteiger charge is 2.22. The van der Waals surface area contributed by atoms with Gasteiger partial charge in [-0.15, -0.1) is 0 Å². The van der Waals surface area contributed by atoms with Crippen LogP contribution in [0.1, 0.15) is 12.5 Å². The number of nitrogens with zero attached hydrogens (tertiary/aromatic N) is 2. The molecule has 0 aliphatic carbocycles. The molecule has 0 spiro atoms. The summed E-state index contributed by atoms with van der Waals surface area (Å²) >= 11 is 0. The lowest BCUT2D eigenvalue weighted by atomic mass is 10.1. The average Bonchev–Trinajstić information content (AvgIpc) is 2.55. The standard InChI is InChI=1S/C17H25FN2O3/c1-2-23-13-16(21)12-19-7-9-20(10-8-19)17(22)11-14-3-5-15(18)6-4-14/h3-6,16,21H,2,7-13H2,1H3/t16-/m0/s1. The van der Waals surface area contributed by atoms with Gasteiger partial charge in [0.1, 0.15) is 5.82 Å². The topological polar surface area (TPSA) is 53.0 Å². The van der Waals surface area contributed by atoms with E-state index in [0.29, 0.717) is 39.3 Å². The summed E-state index contributed by atoms with van der Waals surface area (Å²) in [5.41, 5.74) is 0.825. The molecule has 1 N–H and O–H groups in total. The van der Waals surface area contributed by atoms with Crippen molar-refractivity contribution in [3.05, 3.63) is 35.6 Å². The number of hydrogen-bond acceptors (Lipinski definition) is 4. The third-order valence-corrected chi connectivity index (χ3v) is 3.98. The molecular weight excluding hydrogens is 299 g/mol. The number of ether oxygens (including phenoxy) is 1. The first-order valence-corrected chi connectivity index (χ1v) is 8.09. The fourth-order valence-electron chi connectivity index (χ4n) is 2.67. The Kier molecular flexibility index (Phi) is 6.95. The van der Waals surface area contributed by atoms with Gasteiger partial charge in [-0.1, -0.05) is 12.1 Å². The van der Waals surface area contributed by atoms with E-state index in [4.69, 9.17) is 4.74 Å². The number of hydrogen-bond donors (Lipinski definition) is 1. The minimum Gasteiger partial charge on any atom is -0.389 e. The normalized spacial score (nSPS) is 17.3. The summed E-state index contributed by atoms with van der Waals surface area (Å²) in [7, 11) is 0. The van der Waals surface area contributed by atoms with Crippen molar-refractivity contribution in [2.75, 3.05) is 45.9 Å². The molecule has 0 bridgehead atoms. The zero-order valence-electron chi connectivity index (χ0n) is 13.6. The number of rotatable bonds is 7. The Morgan fingerprint density at radius 2 is 1.91 bits per heavy atom. The second-order valence-corrected chi connectivity index (χ2v) is 5.80. The third-order valence-electron chi connectivity index (χ3n) is 3.98. The smallest absolute Gasteiger partial charge is 0.227 e. The Hall–Kier alpha value is -1.50. The Morgan fingerprint density at radius 1 is 1.26 bits per heavy atom. The Labute approximate surface area is 136 Å². The lowest BCUT2D eigenvalue weighted by Gasteiger charge is -2.35. The second kappa shape index (κ2) is 8.96. The predicted octanol–water partition coefficient (Wildman–Crippen LogP) is 0.910. The van der Waals surface area contributed by atoms with Crippen LogP contribution < -0.4 is 0 Å². The number of carbonyl (C=O) groups excluding carboxylic acids is 1. The fourth-order valence-corrected chi connectivity index (χ4v) is 2.67. The molecule has 1 aromatic carbocycles. The van der Waals surface area contributed by atoms with Gasteiger partial charge in [-0.25, -0.2) is 4.39 Å². The van der Waals surface area contributed by atoms with Crippen molar-refractivity contribution in [1.82, 2.24) is 9.80 Å². The first-order chi connectivity index (χ1) is 11.1. The van der Waals surface area contributed by atoms with Gasteiger partial charge >= 0.3 is 0 Å². The van der Waals surface area contributed by atoms with E-state index in [1.807, 2.05) is 11.8 Å². The number of amides is 1. The molecule has 1 fully saturated rings. The van der Waals surface area contributed by atoms with Crippen molar-refractivity contribution in [1.29, 1.82) is 0 Å². The van der Waals surface area contributed by atoms with Gasteiger partial charge in [-0.05, 0) is 24.6 Å². The largest absolute Gasteiger partial charge is 0.389 e. The minimum absolute atomic E-state index is 0.0612. The third kappa shape index (κ3) is 5.89. The fraction of sp³-hybridized carbons (Fsp3) is 0.588. The Bertz CT molecular complexity index is 487. The lowest BCUT2D eigenvalue weighted by molar-refractivity contribution is -0.132. The Balaban J connectivity index is 1.73. The van der Waals surface area contributed by atoms with E-state index in [0.717, 1.165) is 18.7 Å². The molecular formula is C17H25FN2O3. The molecule has 1 aliphatic rings. The second-order valence-electron chi connectivity index (χ2n) is 5.80. The summed E-state index contributed by atoms with van der Waals surface area (Å²) in [6, 6.07) is 6.04. The molecule has 5 nitrogen and oxygen atoms in total. The van der Waals surface area contributed by atoms with E-state index in [1.54, 1.807) is 12.1 Å². The van der Waals surface area contributed by atoms with Gasteiger partial charge in [0.2, 0.25) is 5.91 Å². The summed E-state index contributed by atoms with van der Waals surface area (Å²) in [4.78, 5) is 16.2. The summed E-state index contributed by atoms with van der Waals surface area (Å²) in [5, 5.41) is 9.85. The van der Waals surface area contributed by atoms with Crippen LogP contribution in [0.4, 0.5) is 4.39 Å². The van der Waals surface area contributed by atoms with Crippen LogP contribution in [0.3, 0.4) is 0 Å². The zero-order valence-corrected chi connectivity index (χ0v) is 13.6. The molecule has 128 valence electrons. The molecule has 0 saturated carbocycles. The average molecular weight is 324 g/mol. The molecule has 1 amide bonds. The highest BCUT2D eigenvalue weighted by Crippen LogP contribution is 2.08. The Morgan fingerprint density at radius 3 is 2.52 bits per heavy atom. The van der Waals surface area contributed by atoms with Crippen LogP contribution in [0.5, 0.6) is 0 Å². The molecule has 1 aromatic rings. The van der Waals surface area contributed by atoms with Crippen LogP contribution >= 0.6 is 0 Å². The van der Waals surface area contributed by atoms with Crippen LogP contribution in [0, 0.1) is 5.82 Å². The van der Waals surface area contributed by atoms with Gasteiger partial charge in [0.05, 0.1) is 19.1 Å². The van der Waals surface area contributed by atoms with Crippen molar-refractivity contribution in [3.63, 3.8) is 0 Å². The molecule has 23 heavy (non-hydrogen) atoms. The predicted molar refractivity (Wildman–Crippen MR) is 85.6 cm³/mol. The van der Waals surface area contributed by atoms with Gasteiger partial charge in [0, 0.05) is 39.3 Å². The summed E-state index contributed by atoms with van der Waals surface area (Å²) in [6.07, 6.45) is -0.191. The highest BCUT2D eigenvalue weighted by atomic mass is 19.1. The van der Waals surface area contributed by atoms with Crippen LogP contribution in [0.2, 0.25) is 0 Å². The van der Waals surface area contributed by atoms with Crippen molar-refractivity contribution in [2.24, 2.45) is 0 Å². The van der Waals surface area contributed by atoms with Crippen LogP contribution in [0.15, 0.2) is 24.3 Å². The monoisotopic (exact) mass is 324 g/mol. The summed E-state index contributed by atoms with van der Waals surface area (Å²) in [6.45, 7) is 6.22. The van der Waals surface area contributed by atoms with Crippen LogP contribution in [-0.4, -0.2) is 72.9 Å². The van der Waals surface area contributed by atoms with Gasteiger partial charge in [-0.3, -0.25) is 9.69 Å². The molecule has 2 rings (SSSR count). The van der Waals surface area contributed by atoms with Crippen LogP contribution in [0.25, 0.3) is 0 Å². The minimum atomic E-state index is -0.489. The molecule has 0 aromatic heterocycles. The summed E-state index contributed by atoms with van der Waals surface area (Å²) in [5.74, 6) is -0.230. The number of aliphatic hydroxyl groups is 1. The number of halogens is 1. The number of carbonyl (C=O) groups is 1. The van der Waals surface area contributed by atoms with Crippen LogP contribution in [-0.2, 0) is 16.0 Å². The molecule has 1 aliphatic heterocycles. The number of β-amino-alcohol motifs (C(OH)–C–C–N with tert-alkyl or cyclic N) is 1. The molecule has 1 heterocycles. The molecule has 0 radical (unpaired) electrons.